The minimum Gasteiger partial charge on any atom is -0.394 e. The third-order valence-corrected chi connectivity index (χ3v) is 9.99. The largest absolute Gasteiger partial charge is 0.394 e. The monoisotopic (exact) mass is 664 g/mol. The maximum absolute atomic E-state index is 13.2. The van der Waals surface area contributed by atoms with E-state index >= 15 is 0 Å². The van der Waals surface area contributed by atoms with Gasteiger partial charge in [-0.25, -0.2) is 4.98 Å². The molecule has 2 aromatic heterocycles. The summed E-state index contributed by atoms with van der Waals surface area (Å²) >= 11 is 0. The summed E-state index contributed by atoms with van der Waals surface area (Å²) in [6, 6.07) is 9.46. The van der Waals surface area contributed by atoms with Crippen molar-refractivity contribution in [1.82, 2.24) is 30.0 Å². The number of fused-ring (bicyclic) bond motifs is 2. The number of benzene rings is 2. The third-order valence-electron chi connectivity index (χ3n) is 9.99. The fraction of sp³-hybridized carbons (Fsp3) is 0.400. The Hall–Kier alpha value is -5.21. The molecule has 14 nitrogen and oxygen atoms in total. The molecule has 4 amide bonds. The zero-order valence-electron chi connectivity index (χ0n) is 26.6. The fourth-order valence-corrected chi connectivity index (χ4v) is 7.03. The van der Waals surface area contributed by atoms with E-state index < -0.39 is 35.7 Å². The van der Waals surface area contributed by atoms with Gasteiger partial charge in [0.15, 0.2) is 0 Å². The SMILES string of the molecule is O=C1CCC(N2C(=O)c3ccc(NC[C@H]4C[C@H](n5cc(-c6cnc7c(NC(CO)CO)cccc7n6)c(C6CC6)n5)C4)cc3C2=O)C(=O)N1. The molecule has 8 rings (SSSR count). The smallest absolute Gasteiger partial charge is 0.262 e. The molecule has 3 fully saturated rings. The van der Waals surface area contributed by atoms with Crippen molar-refractivity contribution in [3.63, 3.8) is 0 Å². The second kappa shape index (κ2) is 12.3. The normalized spacial score (nSPS) is 22.0. The highest BCUT2D eigenvalue weighted by atomic mass is 16.3. The van der Waals surface area contributed by atoms with Gasteiger partial charge in [-0.05, 0) is 68.4 Å². The van der Waals surface area contributed by atoms with Gasteiger partial charge in [0, 0.05) is 36.3 Å². The molecule has 0 radical (unpaired) electrons. The van der Waals surface area contributed by atoms with Gasteiger partial charge in [0.25, 0.3) is 11.8 Å². The topological polar surface area (TPSA) is 192 Å². The molecule has 4 aliphatic rings. The van der Waals surface area contributed by atoms with Crippen LogP contribution in [0.5, 0.6) is 0 Å². The number of anilines is 2. The number of amides is 4. The summed E-state index contributed by atoms with van der Waals surface area (Å²) < 4.78 is 2.07. The van der Waals surface area contributed by atoms with E-state index in [1.807, 2.05) is 18.2 Å². The van der Waals surface area contributed by atoms with Gasteiger partial charge < -0.3 is 20.8 Å². The van der Waals surface area contributed by atoms with Crippen LogP contribution in [-0.4, -0.2) is 90.3 Å². The predicted molar refractivity (Wildman–Crippen MR) is 178 cm³/mol. The van der Waals surface area contributed by atoms with Crippen molar-refractivity contribution in [2.75, 3.05) is 30.4 Å². The highest BCUT2D eigenvalue weighted by molar-refractivity contribution is 6.23. The Labute approximate surface area is 280 Å². The molecule has 2 aromatic carbocycles. The Morgan fingerprint density at radius 3 is 2.51 bits per heavy atom. The molecule has 14 heteroatoms. The molecular weight excluding hydrogens is 628 g/mol. The summed E-state index contributed by atoms with van der Waals surface area (Å²) in [5, 5.41) is 32.8. The third kappa shape index (κ3) is 5.70. The number of hydrogen-bond acceptors (Lipinski definition) is 11. The highest BCUT2D eigenvalue weighted by Gasteiger charge is 2.44. The van der Waals surface area contributed by atoms with Crippen LogP contribution in [0, 0.1) is 5.92 Å². The molecule has 252 valence electrons. The van der Waals surface area contributed by atoms with Gasteiger partial charge in [0.1, 0.15) is 11.6 Å². The number of hydrogen-bond donors (Lipinski definition) is 5. The van der Waals surface area contributed by atoms with Crippen LogP contribution in [-0.2, 0) is 9.59 Å². The van der Waals surface area contributed by atoms with Gasteiger partial charge in [0.2, 0.25) is 11.8 Å². The summed E-state index contributed by atoms with van der Waals surface area (Å²) in [4.78, 5) is 60.7. The van der Waals surface area contributed by atoms with Crippen molar-refractivity contribution in [3.05, 3.63) is 65.6 Å². The first-order valence-corrected chi connectivity index (χ1v) is 16.7. The summed E-state index contributed by atoms with van der Waals surface area (Å²) in [6.45, 7) is 0.285. The zero-order chi connectivity index (χ0) is 33.8. The number of nitrogens with zero attached hydrogens (tertiary/aromatic N) is 5. The van der Waals surface area contributed by atoms with Gasteiger partial charge in [-0.15, -0.1) is 0 Å². The minimum absolute atomic E-state index is 0.0801. The number of nitrogens with one attached hydrogen (secondary N) is 3. The first-order valence-electron chi connectivity index (χ1n) is 16.7. The van der Waals surface area contributed by atoms with E-state index in [1.54, 1.807) is 24.4 Å². The Morgan fingerprint density at radius 2 is 1.76 bits per heavy atom. The molecule has 0 bridgehead atoms. The first-order chi connectivity index (χ1) is 23.8. The Balaban J connectivity index is 0.923. The Bertz CT molecular complexity index is 2000. The van der Waals surface area contributed by atoms with Crippen LogP contribution in [0.1, 0.15) is 76.9 Å². The van der Waals surface area contributed by atoms with Gasteiger partial charge in [-0.1, -0.05) is 6.07 Å². The maximum Gasteiger partial charge on any atom is 0.262 e. The highest BCUT2D eigenvalue weighted by Crippen LogP contribution is 2.46. The number of piperidine rings is 1. The Morgan fingerprint density at radius 1 is 0.959 bits per heavy atom. The van der Waals surface area contributed by atoms with Gasteiger partial charge in [-0.2, -0.15) is 5.10 Å². The van der Waals surface area contributed by atoms with Crippen LogP contribution >= 0.6 is 0 Å². The van der Waals surface area contributed by atoms with Crippen LogP contribution in [0.3, 0.4) is 0 Å². The number of aromatic nitrogens is 4. The van der Waals surface area contributed by atoms with E-state index in [-0.39, 0.29) is 43.2 Å². The molecule has 4 heterocycles. The molecule has 5 N–H and O–H groups in total. The molecule has 1 unspecified atom stereocenters. The fourth-order valence-electron chi connectivity index (χ4n) is 7.03. The van der Waals surface area contributed by atoms with Crippen LogP contribution in [0.2, 0.25) is 0 Å². The summed E-state index contributed by atoms with van der Waals surface area (Å²) in [6.07, 6.45) is 8.11. The average Bonchev–Trinajstić information content (AvgIpc) is 3.80. The second-order valence-corrected chi connectivity index (χ2v) is 13.4. The van der Waals surface area contributed by atoms with Crippen LogP contribution in [0.15, 0.2) is 48.8 Å². The molecule has 2 saturated carbocycles. The van der Waals surface area contributed by atoms with E-state index in [4.69, 9.17) is 15.1 Å². The van der Waals surface area contributed by atoms with Gasteiger partial charge in [-0.3, -0.25) is 39.1 Å². The van der Waals surface area contributed by atoms with Gasteiger partial charge >= 0.3 is 0 Å². The number of aliphatic hydroxyl groups excluding tert-OH is 2. The number of carbonyl (C=O) groups excluding carboxylic acids is 4. The number of rotatable bonds is 11. The van der Waals surface area contributed by atoms with E-state index in [1.165, 1.54) is 0 Å². The average molecular weight is 665 g/mol. The lowest BCUT2D eigenvalue weighted by Crippen LogP contribution is -2.54. The molecular formula is C35H36N8O6. The molecule has 2 aliphatic heterocycles. The Kier molecular flexibility index (Phi) is 7.83. The number of carbonyl (C=O) groups is 4. The summed E-state index contributed by atoms with van der Waals surface area (Å²) in [5.74, 6) is -1.26. The summed E-state index contributed by atoms with van der Waals surface area (Å²) in [5.41, 5.74) is 6.12. The number of para-hydroxylation sites is 1. The standard InChI is InChI=1S/C35H36N8O6/c44-16-21(17-45)38-26-2-1-3-27-32(26)37-14-28(39-27)25-15-42(41-31(25)19-4-5-19)22-10-18(11-22)13-36-20-6-7-23-24(12-20)35(49)43(34(23)48)29-8-9-30(46)40-33(29)47/h1-3,6-7,12,14-15,18-19,21-22,29,36,38,44-45H,4-5,8-11,13,16-17H2,(H,40,46,47)/t18-,22-,29?. The summed E-state index contributed by atoms with van der Waals surface area (Å²) in [7, 11) is 0. The lowest BCUT2D eigenvalue weighted by molar-refractivity contribution is -0.136. The van der Waals surface area contributed by atoms with Crippen molar-refractivity contribution < 1.29 is 29.4 Å². The van der Waals surface area contributed by atoms with E-state index in [0.717, 1.165) is 53.2 Å². The number of imide groups is 2. The molecule has 49 heavy (non-hydrogen) atoms. The van der Waals surface area contributed by atoms with Crippen LogP contribution in [0.25, 0.3) is 22.3 Å². The molecule has 1 saturated heterocycles. The zero-order valence-corrected chi connectivity index (χ0v) is 26.6. The van der Waals surface area contributed by atoms with Crippen LogP contribution < -0.4 is 16.0 Å². The van der Waals surface area contributed by atoms with Gasteiger partial charge in [0.05, 0.1) is 65.2 Å². The second-order valence-electron chi connectivity index (χ2n) is 13.4. The molecule has 1 atom stereocenters. The van der Waals surface area contributed by atoms with Crippen molar-refractivity contribution in [2.24, 2.45) is 5.92 Å². The number of aliphatic hydroxyl groups is 2. The van der Waals surface area contributed by atoms with Crippen molar-refractivity contribution in [3.8, 4) is 11.3 Å². The molecule has 0 spiro atoms. The van der Waals surface area contributed by atoms with E-state index in [9.17, 15) is 29.4 Å². The molecule has 4 aromatic rings. The van der Waals surface area contributed by atoms with Crippen molar-refractivity contribution >= 4 is 46.0 Å². The minimum atomic E-state index is -0.988. The lowest BCUT2D eigenvalue weighted by atomic mass is 9.80. The quantitative estimate of drug-likeness (QED) is 0.148. The van der Waals surface area contributed by atoms with Crippen molar-refractivity contribution in [1.29, 1.82) is 0 Å². The first kappa shape index (κ1) is 31.1. The lowest BCUT2D eigenvalue weighted by Gasteiger charge is -2.35. The molecule has 2 aliphatic carbocycles. The van der Waals surface area contributed by atoms with E-state index in [2.05, 4.69) is 26.8 Å². The predicted octanol–water partition coefficient (Wildman–Crippen LogP) is 2.60. The maximum atomic E-state index is 13.2. The van der Waals surface area contributed by atoms with Crippen molar-refractivity contribution in [2.45, 2.75) is 62.6 Å². The van der Waals surface area contributed by atoms with Crippen LogP contribution in [0.4, 0.5) is 11.4 Å². The van der Waals surface area contributed by atoms with E-state index in [0.29, 0.717) is 35.1 Å².